The largest absolute Gasteiger partial charge is 0.336 e. The van der Waals surface area contributed by atoms with E-state index in [0.29, 0.717) is 6.04 Å². The van der Waals surface area contributed by atoms with Crippen LogP contribution in [0, 0.1) is 0 Å². The lowest BCUT2D eigenvalue weighted by molar-refractivity contribution is 0.0612. The minimum absolute atomic E-state index is 0.274. The van der Waals surface area contributed by atoms with E-state index in [1.165, 1.54) is 42.8 Å². The molecular formula is C19H30N2OS. The van der Waals surface area contributed by atoms with Crippen LogP contribution in [0.3, 0.4) is 0 Å². The number of carbonyl (C=O) groups is 1. The van der Waals surface area contributed by atoms with Crippen LogP contribution in [-0.2, 0) is 12.8 Å². The van der Waals surface area contributed by atoms with E-state index in [2.05, 4.69) is 29.7 Å². The molecule has 1 unspecified atom stereocenters. The molecule has 0 spiro atoms. The van der Waals surface area contributed by atoms with E-state index in [1.807, 2.05) is 0 Å². The number of nitrogens with zero attached hydrogens (tertiary/aromatic N) is 2. The molecule has 23 heavy (non-hydrogen) atoms. The Morgan fingerprint density at radius 1 is 1.22 bits per heavy atom. The van der Waals surface area contributed by atoms with Crippen molar-refractivity contribution in [2.75, 3.05) is 26.2 Å². The second-order valence-electron chi connectivity index (χ2n) is 6.95. The zero-order valence-corrected chi connectivity index (χ0v) is 15.5. The molecule has 3 rings (SSSR count). The van der Waals surface area contributed by atoms with Crippen LogP contribution in [0.15, 0.2) is 6.07 Å². The summed E-state index contributed by atoms with van der Waals surface area (Å²) in [6.07, 6.45) is 8.37. The smallest absolute Gasteiger partial charge is 0.263 e. The van der Waals surface area contributed by atoms with E-state index in [1.54, 1.807) is 11.3 Å². The maximum absolute atomic E-state index is 13.0. The summed E-state index contributed by atoms with van der Waals surface area (Å²) >= 11 is 1.74. The molecule has 2 saturated heterocycles. The van der Waals surface area contributed by atoms with Gasteiger partial charge < -0.3 is 4.90 Å². The number of hydrogen-bond donors (Lipinski definition) is 0. The van der Waals surface area contributed by atoms with Crippen LogP contribution < -0.4 is 0 Å². The minimum atomic E-state index is 0.274. The van der Waals surface area contributed by atoms with Gasteiger partial charge in [-0.05, 0) is 63.2 Å². The second kappa shape index (κ2) is 7.80. The zero-order valence-electron chi connectivity index (χ0n) is 14.6. The number of likely N-dealkylation sites (tertiary alicyclic amines) is 2. The fraction of sp³-hybridized carbons (Fsp3) is 0.737. The van der Waals surface area contributed by atoms with Gasteiger partial charge in [0.15, 0.2) is 0 Å². The summed E-state index contributed by atoms with van der Waals surface area (Å²) in [5, 5.41) is 0. The van der Waals surface area contributed by atoms with Gasteiger partial charge in [0.25, 0.3) is 5.91 Å². The fourth-order valence-electron chi connectivity index (χ4n) is 4.01. The number of rotatable bonds is 5. The number of piperidine rings is 1. The highest BCUT2D eigenvalue weighted by Crippen LogP contribution is 2.28. The third-order valence-electron chi connectivity index (χ3n) is 5.31. The summed E-state index contributed by atoms with van der Waals surface area (Å²) in [5.41, 5.74) is 1.38. The molecule has 2 aliphatic rings. The first-order valence-electron chi connectivity index (χ1n) is 9.37. The molecule has 0 aliphatic carbocycles. The number of hydrogen-bond acceptors (Lipinski definition) is 3. The molecule has 2 aliphatic heterocycles. The maximum Gasteiger partial charge on any atom is 0.263 e. The molecule has 1 aromatic rings. The number of carbonyl (C=O) groups excluding carboxylic acids is 1. The summed E-state index contributed by atoms with van der Waals surface area (Å²) in [6, 6.07) is 2.76. The third-order valence-corrected chi connectivity index (χ3v) is 6.53. The Morgan fingerprint density at radius 2 is 2.00 bits per heavy atom. The molecule has 2 fully saturated rings. The predicted octanol–water partition coefficient (Wildman–Crippen LogP) is 3.96. The Hall–Kier alpha value is -0.870. The van der Waals surface area contributed by atoms with Crippen molar-refractivity contribution in [3.63, 3.8) is 0 Å². The topological polar surface area (TPSA) is 23.6 Å². The fourth-order valence-corrected chi connectivity index (χ4v) is 5.33. The van der Waals surface area contributed by atoms with Crippen LogP contribution in [0.5, 0.6) is 0 Å². The van der Waals surface area contributed by atoms with Crippen LogP contribution in [0.25, 0.3) is 0 Å². The summed E-state index contributed by atoms with van der Waals surface area (Å²) in [6.45, 7) is 8.73. The van der Waals surface area contributed by atoms with Gasteiger partial charge in [-0.25, -0.2) is 0 Å². The van der Waals surface area contributed by atoms with Crippen LogP contribution in [-0.4, -0.2) is 47.9 Å². The highest BCUT2D eigenvalue weighted by Gasteiger charge is 2.30. The number of aryl methyl sites for hydroxylation is 2. The summed E-state index contributed by atoms with van der Waals surface area (Å²) < 4.78 is 0. The van der Waals surface area contributed by atoms with Crippen LogP contribution in [0.4, 0.5) is 0 Å². The van der Waals surface area contributed by atoms with Gasteiger partial charge in [0.1, 0.15) is 0 Å². The van der Waals surface area contributed by atoms with Crippen LogP contribution in [0.1, 0.15) is 66.1 Å². The van der Waals surface area contributed by atoms with E-state index >= 15 is 0 Å². The van der Waals surface area contributed by atoms with Gasteiger partial charge in [-0.1, -0.05) is 20.3 Å². The van der Waals surface area contributed by atoms with Crippen LogP contribution in [0.2, 0.25) is 0 Å². The molecule has 4 heteroatoms. The Kier molecular flexibility index (Phi) is 5.76. The number of thiophene rings is 1. The average molecular weight is 335 g/mol. The molecule has 0 bridgehead atoms. The van der Waals surface area contributed by atoms with Crippen LogP contribution >= 0.6 is 11.3 Å². The monoisotopic (exact) mass is 334 g/mol. The lowest BCUT2D eigenvalue weighted by Crippen LogP contribution is -2.48. The van der Waals surface area contributed by atoms with Crippen molar-refractivity contribution < 1.29 is 4.79 Å². The molecule has 3 nitrogen and oxygen atoms in total. The van der Waals surface area contributed by atoms with Gasteiger partial charge in [0, 0.05) is 24.0 Å². The molecule has 1 aromatic heterocycles. The van der Waals surface area contributed by atoms with Crippen molar-refractivity contribution in [2.45, 2.75) is 64.8 Å². The summed E-state index contributed by atoms with van der Waals surface area (Å²) in [7, 11) is 0. The van der Waals surface area contributed by atoms with Crippen molar-refractivity contribution in [3.8, 4) is 0 Å². The van der Waals surface area contributed by atoms with Gasteiger partial charge in [-0.2, -0.15) is 0 Å². The number of amides is 1. The first-order chi connectivity index (χ1) is 11.2. The Morgan fingerprint density at radius 3 is 2.70 bits per heavy atom. The van der Waals surface area contributed by atoms with Gasteiger partial charge in [-0.3, -0.25) is 9.69 Å². The SMILES string of the molecule is CCCc1sc(C(=O)N2CCCC(N3CCCC3)C2)cc1CC. The van der Waals surface area contributed by atoms with Gasteiger partial charge in [0.2, 0.25) is 0 Å². The molecule has 0 aromatic carbocycles. The first kappa shape index (κ1) is 17.0. The van der Waals surface area contributed by atoms with Gasteiger partial charge >= 0.3 is 0 Å². The molecule has 0 saturated carbocycles. The van der Waals surface area contributed by atoms with E-state index in [4.69, 9.17) is 0 Å². The third kappa shape index (κ3) is 3.80. The molecular weight excluding hydrogens is 304 g/mol. The second-order valence-corrected chi connectivity index (χ2v) is 8.09. The molecule has 3 heterocycles. The highest BCUT2D eigenvalue weighted by atomic mass is 32.1. The van der Waals surface area contributed by atoms with Crippen molar-refractivity contribution in [1.29, 1.82) is 0 Å². The Labute approximate surface area is 144 Å². The Bertz CT molecular complexity index is 533. The van der Waals surface area contributed by atoms with Gasteiger partial charge in [-0.15, -0.1) is 11.3 Å². The minimum Gasteiger partial charge on any atom is -0.336 e. The summed E-state index contributed by atoms with van der Waals surface area (Å²) in [5.74, 6) is 0.274. The van der Waals surface area contributed by atoms with Crippen molar-refractivity contribution in [1.82, 2.24) is 9.80 Å². The molecule has 1 atom stereocenters. The average Bonchev–Trinajstić information content (AvgIpc) is 3.24. The van der Waals surface area contributed by atoms with Crippen molar-refractivity contribution in [3.05, 3.63) is 21.4 Å². The molecule has 0 N–H and O–H groups in total. The quantitative estimate of drug-likeness (QED) is 0.813. The lowest BCUT2D eigenvalue weighted by atomic mass is 10.0. The molecule has 0 radical (unpaired) electrons. The highest BCUT2D eigenvalue weighted by molar-refractivity contribution is 7.14. The van der Waals surface area contributed by atoms with E-state index < -0.39 is 0 Å². The van der Waals surface area contributed by atoms with Gasteiger partial charge in [0.05, 0.1) is 4.88 Å². The van der Waals surface area contributed by atoms with E-state index in [-0.39, 0.29) is 5.91 Å². The Balaban J connectivity index is 1.69. The standard InChI is InChI=1S/C19H30N2OS/c1-3-8-17-15(4-2)13-18(23-17)19(22)21-12-7-9-16(14-21)20-10-5-6-11-20/h13,16H,3-12,14H2,1-2H3. The maximum atomic E-state index is 13.0. The predicted molar refractivity (Wildman–Crippen MR) is 97.4 cm³/mol. The normalized spacial score (nSPS) is 22.7. The lowest BCUT2D eigenvalue weighted by Gasteiger charge is -2.37. The molecule has 128 valence electrons. The van der Waals surface area contributed by atoms with Crippen molar-refractivity contribution in [2.24, 2.45) is 0 Å². The van der Waals surface area contributed by atoms with E-state index in [0.717, 1.165) is 43.6 Å². The van der Waals surface area contributed by atoms with Crippen molar-refractivity contribution >= 4 is 17.2 Å². The molecule has 1 amide bonds. The van der Waals surface area contributed by atoms with E-state index in [9.17, 15) is 4.79 Å². The zero-order chi connectivity index (χ0) is 16.2. The summed E-state index contributed by atoms with van der Waals surface area (Å²) in [4.78, 5) is 20.1. The first-order valence-corrected chi connectivity index (χ1v) is 10.2.